The van der Waals surface area contributed by atoms with Crippen LogP contribution in [-0.4, -0.2) is 15.0 Å². The van der Waals surface area contributed by atoms with E-state index in [1.807, 2.05) is 6.92 Å². The normalized spacial score (nSPS) is 10.9. The molecule has 0 aliphatic rings. The summed E-state index contributed by atoms with van der Waals surface area (Å²) in [4.78, 5) is 0.0682. The zero-order valence-electron chi connectivity index (χ0n) is 12.2. The maximum Gasteiger partial charge on any atom is 0.264 e. The molecule has 0 N–H and O–H groups in total. The average molecular weight is 359 g/mol. The third-order valence-electron chi connectivity index (χ3n) is 3.07. The third-order valence-corrected chi connectivity index (χ3v) is 4.98. The minimum absolute atomic E-state index is 0. The van der Waals surface area contributed by atoms with Crippen LogP contribution in [0, 0.1) is 18.6 Å². The fourth-order valence-corrected chi connectivity index (χ4v) is 3.47. The molecule has 0 saturated heterocycles. The van der Waals surface area contributed by atoms with Crippen molar-refractivity contribution in [1.82, 2.24) is 0 Å². The molecule has 0 bridgehead atoms. The van der Waals surface area contributed by atoms with E-state index in [0.29, 0.717) is 6.07 Å². The standard InChI is InChI=1S/C15H15F2NO2S.Ti/c1-3-18(15-9-6-12(16)10-14(15)17)21(19,20)13-7-4-11(2)5-8-13;/h4-10H,3H2,1-2H3;. The molecule has 7 heteroatoms. The number of rotatable bonds is 4. The first-order valence-corrected chi connectivity index (χ1v) is 7.84. The molecule has 116 valence electrons. The Morgan fingerprint density at radius 3 is 2.14 bits per heavy atom. The van der Waals surface area contributed by atoms with Crippen molar-refractivity contribution in [3.05, 3.63) is 59.7 Å². The number of aryl methyl sites for hydroxylation is 1. The largest absolute Gasteiger partial charge is 0.264 e. The number of anilines is 1. The zero-order valence-corrected chi connectivity index (χ0v) is 14.6. The van der Waals surface area contributed by atoms with Crippen molar-refractivity contribution in [3.63, 3.8) is 0 Å². The Labute approximate surface area is 143 Å². The van der Waals surface area contributed by atoms with E-state index in [4.69, 9.17) is 0 Å². The van der Waals surface area contributed by atoms with Crippen molar-refractivity contribution in [2.75, 3.05) is 10.8 Å². The molecule has 2 aromatic rings. The van der Waals surface area contributed by atoms with Crippen molar-refractivity contribution < 1.29 is 38.9 Å². The van der Waals surface area contributed by atoms with E-state index in [1.54, 1.807) is 19.1 Å². The predicted octanol–water partition coefficient (Wildman–Crippen LogP) is 3.49. The van der Waals surface area contributed by atoms with E-state index >= 15 is 0 Å². The molecule has 2 rings (SSSR count). The smallest absolute Gasteiger partial charge is 0.264 e. The molecule has 0 fully saturated rings. The van der Waals surface area contributed by atoms with Gasteiger partial charge in [-0.25, -0.2) is 17.2 Å². The molecule has 0 atom stereocenters. The van der Waals surface area contributed by atoms with Gasteiger partial charge in [0.15, 0.2) is 0 Å². The maximum atomic E-state index is 13.9. The fourth-order valence-electron chi connectivity index (χ4n) is 1.99. The Balaban J connectivity index is 0.00000242. The van der Waals surface area contributed by atoms with E-state index < -0.39 is 21.7 Å². The molecular formula is C15H15F2NO2STi. The first kappa shape index (κ1) is 18.8. The minimum Gasteiger partial charge on any atom is -0.264 e. The Bertz CT molecular complexity index is 749. The molecule has 0 amide bonds. The predicted molar refractivity (Wildman–Crippen MR) is 77.7 cm³/mol. The first-order chi connectivity index (χ1) is 9.86. The van der Waals surface area contributed by atoms with Crippen molar-refractivity contribution >= 4 is 15.7 Å². The van der Waals surface area contributed by atoms with Gasteiger partial charge in [-0.15, -0.1) is 0 Å². The Morgan fingerprint density at radius 2 is 1.64 bits per heavy atom. The Morgan fingerprint density at radius 1 is 1.05 bits per heavy atom. The monoisotopic (exact) mass is 359 g/mol. The second-order valence-corrected chi connectivity index (χ2v) is 6.44. The first-order valence-electron chi connectivity index (χ1n) is 6.40. The van der Waals surface area contributed by atoms with Crippen molar-refractivity contribution in [1.29, 1.82) is 0 Å². The molecule has 0 radical (unpaired) electrons. The van der Waals surface area contributed by atoms with E-state index in [0.717, 1.165) is 22.0 Å². The van der Waals surface area contributed by atoms with E-state index in [9.17, 15) is 17.2 Å². The number of sulfonamides is 1. The average Bonchev–Trinajstić information content (AvgIpc) is 2.42. The molecule has 2 aromatic carbocycles. The van der Waals surface area contributed by atoms with Gasteiger partial charge in [-0.3, -0.25) is 4.31 Å². The molecule has 0 saturated carbocycles. The van der Waals surface area contributed by atoms with Crippen LogP contribution in [0.5, 0.6) is 0 Å². The van der Waals surface area contributed by atoms with Gasteiger partial charge in [-0.1, -0.05) is 17.7 Å². The van der Waals surface area contributed by atoms with Crippen molar-refractivity contribution in [2.45, 2.75) is 18.7 Å². The molecule has 0 unspecified atom stereocenters. The summed E-state index contributed by atoms with van der Waals surface area (Å²) in [6.07, 6.45) is 0. The second-order valence-electron chi connectivity index (χ2n) is 4.58. The van der Waals surface area contributed by atoms with Crippen LogP contribution >= 0.6 is 0 Å². The molecule has 0 aliphatic carbocycles. The molecule has 3 nitrogen and oxygen atoms in total. The van der Waals surface area contributed by atoms with Gasteiger partial charge in [0.2, 0.25) is 0 Å². The van der Waals surface area contributed by atoms with Gasteiger partial charge in [0.25, 0.3) is 10.0 Å². The Kier molecular flexibility index (Phi) is 6.29. The van der Waals surface area contributed by atoms with Crippen molar-refractivity contribution in [2.24, 2.45) is 0 Å². The summed E-state index contributed by atoms with van der Waals surface area (Å²) >= 11 is 0. The molecule has 0 spiro atoms. The summed E-state index contributed by atoms with van der Waals surface area (Å²) in [6, 6.07) is 9.10. The van der Waals surface area contributed by atoms with Gasteiger partial charge in [0.05, 0.1) is 10.6 Å². The number of nitrogens with zero attached hydrogens (tertiary/aromatic N) is 1. The van der Waals surface area contributed by atoms with Crippen LogP contribution in [0.3, 0.4) is 0 Å². The molecule has 0 heterocycles. The van der Waals surface area contributed by atoms with Gasteiger partial charge >= 0.3 is 0 Å². The maximum absolute atomic E-state index is 13.9. The van der Waals surface area contributed by atoms with E-state index in [1.165, 1.54) is 12.1 Å². The third kappa shape index (κ3) is 3.74. The molecule has 22 heavy (non-hydrogen) atoms. The fraction of sp³-hybridized carbons (Fsp3) is 0.200. The number of halogens is 2. The van der Waals surface area contributed by atoms with Gasteiger partial charge in [-0.2, -0.15) is 0 Å². The second kappa shape index (κ2) is 7.35. The van der Waals surface area contributed by atoms with Crippen LogP contribution in [0.1, 0.15) is 12.5 Å². The number of hydrogen-bond acceptors (Lipinski definition) is 2. The van der Waals surface area contributed by atoms with Crippen LogP contribution in [0.2, 0.25) is 0 Å². The van der Waals surface area contributed by atoms with Gasteiger partial charge in [-0.05, 0) is 38.1 Å². The molecular weight excluding hydrogens is 344 g/mol. The molecule has 0 aromatic heterocycles. The van der Waals surface area contributed by atoms with Crippen molar-refractivity contribution in [3.8, 4) is 0 Å². The summed E-state index contributed by atoms with van der Waals surface area (Å²) < 4.78 is 52.9. The van der Waals surface area contributed by atoms with Crippen LogP contribution in [-0.2, 0) is 31.7 Å². The Hall–Kier alpha value is -1.24. The van der Waals surface area contributed by atoms with Crippen LogP contribution in [0.4, 0.5) is 14.5 Å². The van der Waals surface area contributed by atoms with Gasteiger partial charge < -0.3 is 0 Å². The number of hydrogen-bond donors (Lipinski definition) is 0. The van der Waals surface area contributed by atoms with E-state index in [2.05, 4.69) is 0 Å². The molecule has 0 aliphatic heterocycles. The van der Waals surface area contributed by atoms with Gasteiger partial charge in [0.1, 0.15) is 11.6 Å². The quantitative estimate of drug-likeness (QED) is 0.784. The van der Waals surface area contributed by atoms with Crippen LogP contribution < -0.4 is 4.31 Å². The summed E-state index contributed by atoms with van der Waals surface area (Å²) in [6.45, 7) is 3.47. The van der Waals surface area contributed by atoms with Crippen LogP contribution in [0.25, 0.3) is 0 Å². The van der Waals surface area contributed by atoms with Gasteiger partial charge in [0, 0.05) is 34.3 Å². The summed E-state index contributed by atoms with van der Waals surface area (Å²) in [5.41, 5.74) is 0.754. The summed E-state index contributed by atoms with van der Waals surface area (Å²) in [7, 11) is -3.89. The minimum atomic E-state index is -3.89. The zero-order chi connectivity index (χ0) is 15.6. The summed E-state index contributed by atoms with van der Waals surface area (Å²) in [5, 5.41) is 0. The SMILES string of the molecule is CCN(c1ccc(F)cc1F)S(=O)(=O)c1ccc(C)cc1.[Ti]. The van der Waals surface area contributed by atoms with E-state index in [-0.39, 0.29) is 38.8 Å². The number of benzene rings is 2. The topological polar surface area (TPSA) is 37.4 Å². The van der Waals surface area contributed by atoms with Crippen LogP contribution in [0.15, 0.2) is 47.4 Å². The summed E-state index contributed by atoms with van der Waals surface area (Å²) in [5.74, 6) is -1.66.